The van der Waals surface area contributed by atoms with Gasteiger partial charge >= 0.3 is 5.69 Å². The highest BCUT2D eigenvalue weighted by Gasteiger charge is 2.19. The van der Waals surface area contributed by atoms with Gasteiger partial charge in [-0.05, 0) is 56.3 Å². The lowest BCUT2D eigenvalue weighted by Gasteiger charge is -2.35. The smallest absolute Gasteiger partial charge is 0.355 e. The zero-order valence-electron chi connectivity index (χ0n) is 20.8. The summed E-state index contributed by atoms with van der Waals surface area (Å²) in [6.45, 7) is 8.16. The lowest BCUT2D eigenvalue weighted by atomic mass is 10.1. The first-order valence-electron chi connectivity index (χ1n) is 11.9. The molecule has 5 rings (SSSR count). The van der Waals surface area contributed by atoms with Gasteiger partial charge in [0, 0.05) is 50.8 Å². The van der Waals surface area contributed by atoms with Crippen molar-refractivity contribution >= 4 is 45.8 Å². The number of nitrogens with one attached hydrogen (secondary N) is 2. The molecule has 1 aliphatic rings. The zero-order chi connectivity index (χ0) is 25.4. The molecule has 0 unspecified atom stereocenters. The van der Waals surface area contributed by atoms with Crippen LogP contribution in [0.25, 0.3) is 16.7 Å². The highest BCUT2D eigenvalue weighted by Crippen LogP contribution is 2.29. The number of hydrogen-bond donors (Lipinski definition) is 2. The van der Waals surface area contributed by atoms with Gasteiger partial charge in [-0.25, -0.2) is 14.3 Å². The van der Waals surface area contributed by atoms with Gasteiger partial charge in [-0.3, -0.25) is 0 Å². The molecule has 0 aliphatic carbocycles. The van der Waals surface area contributed by atoms with Crippen LogP contribution in [0.5, 0.6) is 0 Å². The van der Waals surface area contributed by atoms with Crippen molar-refractivity contribution in [3.8, 4) is 5.69 Å². The number of rotatable bonds is 5. The Morgan fingerprint density at radius 3 is 2.47 bits per heavy atom. The topological polar surface area (TPSA) is 91.2 Å². The monoisotopic (exact) mass is 504 g/mol. The Bertz CT molecular complexity index is 1470. The first-order chi connectivity index (χ1) is 17.4. The fraction of sp³-hybridized carbons (Fsp3) is 0.308. The summed E-state index contributed by atoms with van der Waals surface area (Å²) in [6, 6.07) is 11.7. The van der Waals surface area contributed by atoms with E-state index in [1.165, 1.54) is 15.8 Å². The second kappa shape index (κ2) is 9.75. The molecule has 2 N–H and O–H groups in total. The SMILES string of the molecule is CNc1c2cnc(Nc3ccc(N4CCN(C)CC4)c(C)c3)nc2nc(=O)n1-c1c(C)cccc1Cl. The van der Waals surface area contributed by atoms with Crippen molar-refractivity contribution in [1.82, 2.24) is 24.4 Å². The van der Waals surface area contributed by atoms with Crippen molar-refractivity contribution in [3.63, 3.8) is 0 Å². The first kappa shape index (κ1) is 24.0. The summed E-state index contributed by atoms with van der Waals surface area (Å²) in [5.41, 5.74) is 4.56. The second-order valence-corrected chi connectivity index (χ2v) is 9.49. The molecular weight excluding hydrogens is 476 g/mol. The van der Waals surface area contributed by atoms with Gasteiger partial charge in [0.2, 0.25) is 5.95 Å². The van der Waals surface area contributed by atoms with Crippen molar-refractivity contribution < 1.29 is 0 Å². The number of nitrogens with zero attached hydrogens (tertiary/aromatic N) is 6. The quantitative estimate of drug-likeness (QED) is 0.421. The largest absolute Gasteiger partial charge is 0.373 e. The molecular formula is C26H29ClN8O. The highest BCUT2D eigenvalue weighted by molar-refractivity contribution is 6.32. The summed E-state index contributed by atoms with van der Waals surface area (Å²) in [6.07, 6.45) is 1.66. The number of aryl methyl sites for hydroxylation is 2. The van der Waals surface area contributed by atoms with Crippen molar-refractivity contribution in [3.05, 3.63) is 69.2 Å². The minimum atomic E-state index is -0.472. The molecule has 1 aliphatic heterocycles. The van der Waals surface area contributed by atoms with E-state index in [9.17, 15) is 4.79 Å². The lowest BCUT2D eigenvalue weighted by molar-refractivity contribution is 0.312. The molecule has 2 aromatic carbocycles. The summed E-state index contributed by atoms with van der Waals surface area (Å²) in [5.74, 6) is 0.898. The predicted octanol–water partition coefficient (Wildman–Crippen LogP) is 3.98. The number of halogens is 1. The van der Waals surface area contributed by atoms with Crippen LogP contribution in [0.2, 0.25) is 5.02 Å². The third-order valence-electron chi connectivity index (χ3n) is 6.59. The van der Waals surface area contributed by atoms with Crippen LogP contribution in [0.4, 0.5) is 23.1 Å². The van der Waals surface area contributed by atoms with Gasteiger partial charge in [0.25, 0.3) is 0 Å². The van der Waals surface area contributed by atoms with Crippen LogP contribution >= 0.6 is 11.6 Å². The number of para-hydroxylation sites is 1. The molecule has 0 amide bonds. The Morgan fingerprint density at radius 2 is 1.78 bits per heavy atom. The molecule has 0 atom stereocenters. The number of fused-ring (bicyclic) bond motifs is 1. The summed E-state index contributed by atoms with van der Waals surface area (Å²) in [5, 5.41) is 7.44. The van der Waals surface area contributed by atoms with Crippen molar-refractivity contribution in [2.45, 2.75) is 13.8 Å². The number of anilines is 4. The van der Waals surface area contributed by atoms with Gasteiger partial charge in [-0.2, -0.15) is 9.97 Å². The van der Waals surface area contributed by atoms with E-state index in [1.54, 1.807) is 19.3 Å². The molecule has 186 valence electrons. The molecule has 36 heavy (non-hydrogen) atoms. The molecule has 10 heteroatoms. The molecule has 1 fully saturated rings. The number of aromatic nitrogens is 4. The van der Waals surface area contributed by atoms with Gasteiger partial charge in [-0.15, -0.1) is 0 Å². The van der Waals surface area contributed by atoms with Crippen LogP contribution in [-0.4, -0.2) is 64.7 Å². The predicted molar refractivity (Wildman–Crippen MR) is 146 cm³/mol. The van der Waals surface area contributed by atoms with E-state index in [1.807, 2.05) is 25.1 Å². The Kier molecular flexibility index (Phi) is 6.51. The molecule has 0 saturated carbocycles. The average Bonchev–Trinajstić information content (AvgIpc) is 2.85. The van der Waals surface area contributed by atoms with Crippen LogP contribution in [0.15, 0.2) is 47.4 Å². The van der Waals surface area contributed by atoms with Crippen LogP contribution in [0, 0.1) is 13.8 Å². The number of hydrogen-bond acceptors (Lipinski definition) is 8. The molecule has 4 aromatic rings. The van der Waals surface area contributed by atoms with E-state index in [0.717, 1.165) is 37.4 Å². The fourth-order valence-electron chi connectivity index (χ4n) is 4.67. The second-order valence-electron chi connectivity index (χ2n) is 9.08. The van der Waals surface area contributed by atoms with Crippen LogP contribution in [0.1, 0.15) is 11.1 Å². The van der Waals surface area contributed by atoms with Gasteiger partial charge in [0.15, 0.2) is 5.65 Å². The molecule has 9 nitrogen and oxygen atoms in total. The normalized spacial score (nSPS) is 14.3. The molecule has 0 bridgehead atoms. The molecule has 3 heterocycles. The first-order valence-corrected chi connectivity index (χ1v) is 12.3. The van der Waals surface area contributed by atoms with Crippen LogP contribution in [0.3, 0.4) is 0 Å². The summed E-state index contributed by atoms with van der Waals surface area (Å²) in [7, 11) is 3.90. The maximum atomic E-state index is 13.1. The summed E-state index contributed by atoms with van der Waals surface area (Å²) < 4.78 is 1.47. The molecule has 1 saturated heterocycles. The Balaban J connectivity index is 1.47. The van der Waals surface area contributed by atoms with Gasteiger partial charge in [-0.1, -0.05) is 23.7 Å². The van der Waals surface area contributed by atoms with Gasteiger partial charge in [0.1, 0.15) is 5.82 Å². The number of piperazine rings is 1. The number of likely N-dealkylation sites (N-methyl/N-ethyl adjacent to an activating group) is 1. The minimum absolute atomic E-state index is 0.300. The van der Waals surface area contributed by atoms with Crippen molar-refractivity contribution in [1.29, 1.82) is 0 Å². The van der Waals surface area contributed by atoms with Crippen LogP contribution in [-0.2, 0) is 0 Å². The zero-order valence-corrected chi connectivity index (χ0v) is 21.6. The van der Waals surface area contributed by atoms with E-state index in [-0.39, 0.29) is 0 Å². The van der Waals surface area contributed by atoms with Crippen LogP contribution < -0.4 is 21.2 Å². The maximum Gasteiger partial charge on any atom is 0.355 e. The van der Waals surface area contributed by atoms with E-state index in [4.69, 9.17) is 11.6 Å². The Hall–Kier alpha value is -3.69. The Labute approximate surface area is 214 Å². The van der Waals surface area contributed by atoms with E-state index < -0.39 is 5.69 Å². The van der Waals surface area contributed by atoms with Crippen molar-refractivity contribution in [2.75, 3.05) is 55.8 Å². The highest BCUT2D eigenvalue weighted by atomic mass is 35.5. The van der Waals surface area contributed by atoms with Gasteiger partial charge in [0.05, 0.1) is 16.1 Å². The standard InChI is InChI=1S/C26H29ClN8O/c1-16-6-5-7-20(27)22(16)35-24(28-3)19-15-29-25(31-23(19)32-26(35)36)30-18-8-9-21(17(2)14-18)34-12-10-33(4)11-13-34/h5-9,14-15,28H,10-13H2,1-4H3,(H,30,31,32,36). The van der Waals surface area contributed by atoms with Crippen molar-refractivity contribution in [2.24, 2.45) is 0 Å². The third kappa shape index (κ3) is 4.47. The maximum absolute atomic E-state index is 13.1. The van der Waals surface area contributed by atoms with Gasteiger partial charge < -0.3 is 20.4 Å². The number of benzene rings is 2. The molecule has 0 spiro atoms. The lowest BCUT2D eigenvalue weighted by Crippen LogP contribution is -2.44. The summed E-state index contributed by atoms with van der Waals surface area (Å²) >= 11 is 6.45. The molecule has 2 aromatic heterocycles. The molecule has 0 radical (unpaired) electrons. The fourth-order valence-corrected chi connectivity index (χ4v) is 4.97. The van der Waals surface area contributed by atoms with E-state index >= 15 is 0 Å². The van der Waals surface area contributed by atoms with E-state index in [2.05, 4.69) is 61.5 Å². The summed E-state index contributed by atoms with van der Waals surface area (Å²) in [4.78, 5) is 31.2. The average molecular weight is 505 g/mol. The Morgan fingerprint density at radius 1 is 1.00 bits per heavy atom. The minimum Gasteiger partial charge on any atom is -0.373 e. The van der Waals surface area contributed by atoms with E-state index in [0.29, 0.717) is 33.5 Å². The third-order valence-corrected chi connectivity index (χ3v) is 6.89.